The zero-order chi connectivity index (χ0) is 22.7. The van der Waals surface area contributed by atoms with Gasteiger partial charge in [0.1, 0.15) is 0 Å². The number of rotatable bonds is 7. The van der Waals surface area contributed by atoms with Crippen molar-refractivity contribution in [2.24, 2.45) is 23.5 Å². The van der Waals surface area contributed by atoms with Crippen molar-refractivity contribution in [2.45, 2.75) is 19.0 Å². The van der Waals surface area contributed by atoms with Gasteiger partial charge in [-0.15, -0.1) is 0 Å². The Morgan fingerprint density at radius 3 is 2.34 bits per heavy atom. The lowest BCUT2D eigenvalue weighted by Gasteiger charge is -2.59. The second-order valence-electron chi connectivity index (χ2n) is 9.90. The monoisotopic (exact) mass is 482 g/mol. The van der Waals surface area contributed by atoms with Gasteiger partial charge in [-0.1, -0.05) is 6.92 Å². The molecular formula is C22H34N4O4S2. The van der Waals surface area contributed by atoms with E-state index in [4.69, 9.17) is 5.73 Å². The van der Waals surface area contributed by atoms with Gasteiger partial charge in [0.2, 0.25) is 0 Å². The molecule has 4 fully saturated rings. The Morgan fingerprint density at radius 1 is 1.03 bits per heavy atom. The van der Waals surface area contributed by atoms with Crippen LogP contribution in [0.1, 0.15) is 6.92 Å². The van der Waals surface area contributed by atoms with E-state index in [2.05, 4.69) is 45.9 Å². The standard InChI is InChI=1S/C22H34N4O4S2/c1-16-19-14-26(18-4-2-17(3-5-18)24-7-11-32(29,30)12-8-24)20-15-25(22(19)21(16)20)9-13-31(27,28)10-6-23/h2-5,16,19-22H,6-15,23H2,1H3/t16?,19-,20-,21?,22?/m1/s1. The molecule has 1 aromatic carbocycles. The van der Waals surface area contributed by atoms with Gasteiger partial charge < -0.3 is 15.5 Å². The molecule has 2 N–H and O–H groups in total. The van der Waals surface area contributed by atoms with Crippen molar-refractivity contribution in [1.82, 2.24) is 4.90 Å². The van der Waals surface area contributed by atoms with Crippen LogP contribution in [-0.4, -0.2) is 96.1 Å². The molecule has 1 aliphatic carbocycles. The largest absolute Gasteiger partial charge is 0.369 e. The van der Waals surface area contributed by atoms with Gasteiger partial charge in [-0.25, -0.2) is 16.8 Å². The van der Waals surface area contributed by atoms with E-state index >= 15 is 0 Å². The molecule has 0 spiro atoms. The summed E-state index contributed by atoms with van der Waals surface area (Å²) in [5.74, 6) is 2.56. The maximum Gasteiger partial charge on any atom is 0.153 e. The van der Waals surface area contributed by atoms with Crippen molar-refractivity contribution in [3.63, 3.8) is 0 Å². The predicted molar refractivity (Wildman–Crippen MR) is 128 cm³/mol. The van der Waals surface area contributed by atoms with Crippen LogP contribution in [0.5, 0.6) is 0 Å². The fraction of sp³-hybridized carbons (Fsp3) is 0.727. The van der Waals surface area contributed by atoms with E-state index in [0.29, 0.717) is 49.5 Å². The van der Waals surface area contributed by atoms with Crippen LogP contribution in [0.25, 0.3) is 0 Å². The Bertz CT molecular complexity index is 1050. The molecule has 0 aromatic heterocycles. The first-order valence-corrected chi connectivity index (χ1v) is 15.3. The highest BCUT2D eigenvalue weighted by molar-refractivity contribution is 7.91. The zero-order valence-electron chi connectivity index (χ0n) is 18.6. The Balaban J connectivity index is 1.26. The smallest absolute Gasteiger partial charge is 0.153 e. The summed E-state index contributed by atoms with van der Waals surface area (Å²) in [6, 6.07) is 9.48. The number of hydrogen-bond acceptors (Lipinski definition) is 8. The van der Waals surface area contributed by atoms with Crippen LogP contribution in [0.3, 0.4) is 0 Å². The van der Waals surface area contributed by atoms with Crippen LogP contribution in [0, 0.1) is 17.8 Å². The first kappa shape index (κ1) is 22.4. The number of hydrogen-bond donors (Lipinski definition) is 1. The van der Waals surface area contributed by atoms with Crippen molar-refractivity contribution in [3.05, 3.63) is 24.3 Å². The Labute approximate surface area is 191 Å². The number of nitrogens with two attached hydrogens (primary N) is 1. The van der Waals surface area contributed by atoms with Crippen molar-refractivity contribution >= 4 is 31.0 Å². The first-order valence-electron chi connectivity index (χ1n) is 11.7. The van der Waals surface area contributed by atoms with E-state index in [0.717, 1.165) is 18.8 Å². The zero-order valence-corrected chi connectivity index (χ0v) is 20.3. The lowest BCUT2D eigenvalue weighted by Crippen LogP contribution is -2.66. The molecule has 5 rings (SSSR count). The molecule has 3 heterocycles. The summed E-state index contributed by atoms with van der Waals surface area (Å²) < 4.78 is 47.7. The van der Waals surface area contributed by atoms with Crippen LogP contribution in [-0.2, 0) is 19.7 Å². The van der Waals surface area contributed by atoms with E-state index in [9.17, 15) is 16.8 Å². The lowest BCUT2D eigenvalue weighted by atomic mass is 9.57. The number of anilines is 2. The van der Waals surface area contributed by atoms with Crippen LogP contribution in [0.2, 0.25) is 0 Å². The van der Waals surface area contributed by atoms with Gasteiger partial charge in [-0.2, -0.15) is 0 Å². The normalized spacial score (nSPS) is 33.9. The number of benzene rings is 1. The highest BCUT2D eigenvalue weighted by Gasteiger charge is 2.63. The quantitative estimate of drug-likeness (QED) is 0.581. The van der Waals surface area contributed by atoms with Crippen LogP contribution < -0.4 is 15.5 Å². The first-order chi connectivity index (χ1) is 15.2. The van der Waals surface area contributed by atoms with E-state index < -0.39 is 19.7 Å². The van der Waals surface area contributed by atoms with Gasteiger partial charge in [0.25, 0.3) is 0 Å². The fourth-order valence-corrected chi connectivity index (χ4v) is 8.74. The van der Waals surface area contributed by atoms with Gasteiger partial charge in [-0.05, 0) is 42.0 Å². The Hall–Kier alpha value is -1.36. The molecule has 3 saturated heterocycles. The average Bonchev–Trinajstić information content (AvgIpc) is 3.01. The highest BCUT2D eigenvalue weighted by Crippen LogP contribution is 2.56. The van der Waals surface area contributed by atoms with Gasteiger partial charge in [0.15, 0.2) is 19.7 Å². The molecule has 0 radical (unpaired) electrons. The summed E-state index contributed by atoms with van der Waals surface area (Å²) in [6.07, 6.45) is 0. The molecule has 32 heavy (non-hydrogen) atoms. The summed E-state index contributed by atoms with van der Waals surface area (Å²) in [4.78, 5) is 7.08. The van der Waals surface area contributed by atoms with Gasteiger partial charge in [0.05, 0.1) is 23.0 Å². The third-order valence-electron chi connectivity index (χ3n) is 8.22. The summed E-state index contributed by atoms with van der Waals surface area (Å²) in [7, 11) is -5.96. The summed E-state index contributed by atoms with van der Waals surface area (Å²) in [5.41, 5.74) is 7.74. The third-order valence-corrected chi connectivity index (χ3v) is 11.5. The van der Waals surface area contributed by atoms with Crippen LogP contribution in [0.15, 0.2) is 24.3 Å². The van der Waals surface area contributed by atoms with Gasteiger partial charge >= 0.3 is 0 Å². The summed E-state index contributed by atoms with van der Waals surface area (Å²) in [5, 5.41) is 0. The molecule has 5 atom stereocenters. The molecule has 178 valence electrons. The van der Waals surface area contributed by atoms with E-state index in [1.165, 1.54) is 5.69 Å². The van der Waals surface area contributed by atoms with Crippen LogP contribution in [0.4, 0.5) is 11.4 Å². The number of sulfone groups is 2. The molecule has 3 unspecified atom stereocenters. The lowest BCUT2D eigenvalue weighted by molar-refractivity contribution is -0.0209. The maximum atomic E-state index is 12.2. The molecule has 1 aromatic rings. The summed E-state index contributed by atoms with van der Waals surface area (Å²) in [6.45, 7) is 6.18. The van der Waals surface area contributed by atoms with Crippen molar-refractivity contribution in [3.8, 4) is 0 Å². The Kier molecular flexibility index (Phi) is 5.71. The predicted octanol–water partition coefficient (Wildman–Crippen LogP) is 0.0498. The molecule has 0 amide bonds. The minimum Gasteiger partial charge on any atom is -0.369 e. The van der Waals surface area contributed by atoms with Gasteiger partial charge in [-0.3, -0.25) is 4.90 Å². The van der Waals surface area contributed by atoms with Crippen LogP contribution >= 0.6 is 0 Å². The average molecular weight is 483 g/mol. The highest BCUT2D eigenvalue weighted by atomic mass is 32.2. The number of nitrogens with zero attached hydrogens (tertiary/aromatic N) is 3. The molecule has 10 heteroatoms. The van der Waals surface area contributed by atoms with Crippen molar-refractivity contribution < 1.29 is 16.8 Å². The molecule has 4 bridgehead atoms. The van der Waals surface area contributed by atoms with E-state index in [1.807, 2.05) is 0 Å². The molecule has 8 nitrogen and oxygen atoms in total. The minimum atomic E-state index is -3.08. The van der Waals surface area contributed by atoms with E-state index in [-0.39, 0.29) is 29.6 Å². The van der Waals surface area contributed by atoms with Crippen molar-refractivity contribution in [1.29, 1.82) is 0 Å². The van der Waals surface area contributed by atoms with Crippen molar-refractivity contribution in [2.75, 3.05) is 72.1 Å². The topological polar surface area (TPSA) is 104 Å². The Morgan fingerprint density at radius 2 is 1.69 bits per heavy atom. The maximum absolute atomic E-state index is 12.2. The number of piperidine rings is 2. The number of likely N-dealkylation sites (tertiary alicyclic amines) is 1. The summed E-state index contributed by atoms with van der Waals surface area (Å²) >= 11 is 0. The molecule has 3 aliphatic heterocycles. The fourth-order valence-electron chi connectivity index (χ4n) is 6.47. The second kappa shape index (κ2) is 8.14. The minimum absolute atomic E-state index is 0.0691. The molecule has 1 saturated carbocycles. The van der Waals surface area contributed by atoms with Gasteiger partial charge in [0, 0.05) is 62.7 Å². The third kappa shape index (κ3) is 3.93. The molecule has 4 aliphatic rings. The second-order valence-corrected chi connectivity index (χ2v) is 14.5. The SMILES string of the molecule is CC1C2C3[C@@H]1CN(c1ccc(N4CCS(=O)(=O)CC4)cc1)[C@@H]2CN3CCS(=O)(=O)CCN. The molecular weight excluding hydrogens is 448 g/mol. The van der Waals surface area contributed by atoms with E-state index in [1.54, 1.807) is 0 Å².